The van der Waals surface area contributed by atoms with Crippen molar-refractivity contribution >= 4 is 23.2 Å². The van der Waals surface area contributed by atoms with Crippen molar-refractivity contribution in [3.63, 3.8) is 0 Å². The van der Waals surface area contributed by atoms with Gasteiger partial charge >= 0.3 is 0 Å². The third-order valence-corrected chi connectivity index (χ3v) is 5.47. The van der Waals surface area contributed by atoms with Gasteiger partial charge in [-0.2, -0.15) is 0 Å². The maximum atomic E-state index is 12.6. The Morgan fingerprint density at radius 2 is 1.66 bits per heavy atom. The van der Waals surface area contributed by atoms with Crippen molar-refractivity contribution < 1.29 is 14.5 Å². The molecular formula is C23H29N5O4. The molecule has 2 aromatic carbocycles. The smallest absolute Gasteiger partial charge is 0.293 e. The van der Waals surface area contributed by atoms with E-state index in [-0.39, 0.29) is 23.1 Å². The zero-order chi connectivity index (χ0) is 23.3. The van der Waals surface area contributed by atoms with Crippen molar-refractivity contribution in [2.24, 2.45) is 0 Å². The predicted octanol–water partition coefficient (Wildman–Crippen LogP) is 2.25. The fourth-order valence-electron chi connectivity index (χ4n) is 3.75. The first-order valence-electron chi connectivity index (χ1n) is 10.5. The van der Waals surface area contributed by atoms with Crippen LogP contribution in [0.15, 0.2) is 42.5 Å². The molecule has 1 aliphatic heterocycles. The summed E-state index contributed by atoms with van der Waals surface area (Å²) < 4.78 is 0. The van der Waals surface area contributed by atoms with Crippen molar-refractivity contribution in [2.45, 2.75) is 20.0 Å². The minimum atomic E-state index is -0.465. The van der Waals surface area contributed by atoms with Gasteiger partial charge in [-0.3, -0.25) is 19.7 Å². The van der Waals surface area contributed by atoms with Gasteiger partial charge in [-0.1, -0.05) is 24.3 Å². The van der Waals surface area contributed by atoms with E-state index >= 15 is 0 Å². The molecule has 2 amide bonds. The van der Waals surface area contributed by atoms with Crippen molar-refractivity contribution in [2.75, 3.05) is 45.2 Å². The molecule has 1 N–H and O–H groups in total. The van der Waals surface area contributed by atoms with E-state index in [0.717, 1.165) is 12.1 Å². The number of nitro groups is 1. The molecule has 32 heavy (non-hydrogen) atoms. The molecule has 1 saturated heterocycles. The van der Waals surface area contributed by atoms with E-state index in [1.165, 1.54) is 18.6 Å². The van der Waals surface area contributed by atoms with Gasteiger partial charge < -0.3 is 20.0 Å². The van der Waals surface area contributed by atoms with Gasteiger partial charge in [0.15, 0.2) is 0 Å². The van der Waals surface area contributed by atoms with Crippen molar-refractivity contribution in [3.8, 4) is 0 Å². The molecule has 9 heteroatoms. The van der Waals surface area contributed by atoms with Gasteiger partial charge in [0.05, 0.1) is 4.92 Å². The van der Waals surface area contributed by atoms with Crippen molar-refractivity contribution in [3.05, 3.63) is 69.3 Å². The summed E-state index contributed by atoms with van der Waals surface area (Å²) in [7, 11) is 4.01. The molecule has 9 nitrogen and oxygen atoms in total. The average molecular weight is 440 g/mol. The quantitative estimate of drug-likeness (QED) is 0.525. The summed E-state index contributed by atoms with van der Waals surface area (Å²) in [5.41, 5.74) is 2.73. The van der Waals surface area contributed by atoms with Crippen LogP contribution in [0.3, 0.4) is 0 Å². The molecule has 0 radical (unpaired) electrons. The van der Waals surface area contributed by atoms with Gasteiger partial charge in [0, 0.05) is 57.8 Å². The first-order chi connectivity index (χ1) is 15.2. The fraction of sp³-hybridized carbons (Fsp3) is 0.391. The molecule has 1 fully saturated rings. The topological polar surface area (TPSA) is 99.0 Å². The lowest BCUT2D eigenvalue weighted by molar-refractivity contribution is -0.384. The van der Waals surface area contributed by atoms with Gasteiger partial charge in [-0.15, -0.1) is 0 Å². The molecule has 0 aliphatic carbocycles. The standard InChI is InChI=1S/C23H29N5O4/c1-17(29)26-10-12-27(13-11-26)21-9-8-20(14-22(21)28(31)32)23(30)24-15-18-4-6-19(7-5-18)16-25(2)3/h4-9,14H,10-13,15-16H2,1-3H3,(H,24,30). The van der Waals surface area contributed by atoms with Crippen LogP contribution in [0.5, 0.6) is 0 Å². The summed E-state index contributed by atoms with van der Waals surface area (Å²) in [5, 5.41) is 14.5. The molecular weight excluding hydrogens is 410 g/mol. The van der Waals surface area contributed by atoms with Crippen LogP contribution in [-0.2, 0) is 17.9 Å². The molecule has 1 heterocycles. The highest BCUT2D eigenvalue weighted by Gasteiger charge is 2.25. The Hall–Kier alpha value is -3.46. The van der Waals surface area contributed by atoms with E-state index in [0.29, 0.717) is 38.4 Å². The second kappa shape index (κ2) is 10.2. The molecule has 2 aromatic rings. The number of nitrogens with zero attached hydrogens (tertiary/aromatic N) is 4. The largest absolute Gasteiger partial charge is 0.362 e. The maximum absolute atomic E-state index is 12.6. The Balaban J connectivity index is 1.66. The van der Waals surface area contributed by atoms with Crippen molar-refractivity contribution in [1.29, 1.82) is 0 Å². The number of anilines is 1. The summed E-state index contributed by atoms with van der Waals surface area (Å²) in [5.74, 6) is -0.364. The molecule has 1 aliphatic rings. The highest BCUT2D eigenvalue weighted by Crippen LogP contribution is 2.30. The monoisotopic (exact) mass is 439 g/mol. The van der Waals surface area contributed by atoms with Gasteiger partial charge in [0.2, 0.25) is 5.91 Å². The summed E-state index contributed by atoms with van der Waals surface area (Å²) in [4.78, 5) is 41.0. The lowest BCUT2D eigenvalue weighted by atomic mass is 10.1. The number of nitro benzene ring substituents is 1. The molecule has 0 bridgehead atoms. The molecule has 0 spiro atoms. The van der Waals surface area contributed by atoms with Crippen LogP contribution in [0.4, 0.5) is 11.4 Å². The van der Waals surface area contributed by atoms with Crippen LogP contribution in [0.2, 0.25) is 0 Å². The number of hydrogen-bond acceptors (Lipinski definition) is 6. The highest BCUT2D eigenvalue weighted by molar-refractivity contribution is 5.95. The zero-order valence-electron chi connectivity index (χ0n) is 18.7. The number of carbonyl (C=O) groups excluding carboxylic acids is 2. The van der Waals surface area contributed by atoms with Crippen molar-refractivity contribution in [1.82, 2.24) is 15.1 Å². The lowest BCUT2D eigenvalue weighted by Crippen LogP contribution is -2.48. The Morgan fingerprint density at radius 3 is 2.22 bits per heavy atom. The Labute approximate surface area is 187 Å². The molecule has 0 unspecified atom stereocenters. The lowest BCUT2D eigenvalue weighted by Gasteiger charge is -2.35. The maximum Gasteiger partial charge on any atom is 0.293 e. The highest BCUT2D eigenvalue weighted by atomic mass is 16.6. The number of rotatable bonds is 7. The molecule has 170 valence electrons. The van der Waals surface area contributed by atoms with Crippen LogP contribution >= 0.6 is 0 Å². The van der Waals surface area contributed by atoms with Gasteiger partial charge in [0.1, 0.15) is 5.69 Å². The van der Waals surface area contributed by atoms with E-state index in [2.05, 4.69) is 10.2 Å². The van der Waals surface area contributed by atoms with E-state index in [1.54, 1.807) is 17.0 Å². The molecule has 0 saturated carbocycles. The van der Waals surface area contributed by atoms with Gasteiger partial charge in [-0.25, -0.2) is 0 Å². The van der Waals surface area contributed by atoms with E-state index < -0.39 is 4.92 Å². The van der Waals surface area contributed by atoms with Crippen LogP contribution in [-0.4, -0.2) is 66.8 Å². The number of nitrogens with one attached hydrogen (secondary N) is 1. The molecule has 3 rings (SSSR count). The van der Waals surface area contributed by atoms with Crippen LogP contribution in [0.1, 0.15) is 28.4 Å². The minimum absolute atomic E-state index is 0.00138. The number of benzene rings is 2. The van der Waals surface area contributed by atoms with E-state index in [4.69, 9.17) is 0 Å². The fourth-order valence-corrected chi connectivity index (χ4v) is 3.75. The van der Waals surface area contributed by atoms with Crippen LogP contribution < -0.4 is 10.2 Å². The summed E-state index contributed by atoms with van der Waals surface area (Å²) in [6.07, 6.45) is 0. The number of piperazine rings is 1. The third kappa shape index (κ3) is 5.82. The Bertz CT molecular complexity index is 982. The first-order valence-corrected chi connectivity index (χ1v) is 10.5. The number of hydrogen-bond donors (Lipinski definition) is 1. The second-order valence-electron chi connectivity index (χ2n) is 8.19. The zero-order valence-corrected chi connectivity index (χ0v) is 18.7. The Kier molecular flexibility index (Phi) is 7.42. The summed E-state index contributed by atoms with van der Waals surface area (Å²) in [6.45, 7) is 4.75. The van der Waals surface area contributed by atoms with E-state index in [9.17, 15) is 19.7 Å². The van der Waals surface area contributed by atoms with Gasteiger partial charge in [0.25, 0.3) is 11.6 Å². The normalized spacial score (nSPS) is 13.9. The molecule has 0 aromatic heterocycles. The molecule has 0 atom stereocenters. The first kappa shape index (κ1) is 23.2. The number of amides is 2. The average Bonchev–Trinajstić information content (AvgIpc) is 2.77. The van der Waals surface area contributed by atoms with Crippen LogP contribution in [0, 0.1) is 10.1 Å². The SMILES string of the molecule is CC(=O)N1CCN(c2ccc(C(=O)NCc3ccc(CN(C)C)cc3)cc2[N+](=O)[O-])CC1. The number of carbonyl (C=O) groups is 2. The summed E-state index contributed by atoms with van der Waals surface area (Å²) in [6, 6.07) is 12.5. The third-order valence-electron chi connectivity index (χ3n) is 5.47. The van der Waals surface area contributed by atoms with E-state index in [1.807, 2.05) is 43.3 Å². The van der Waals surface area contributed by atoms with Gasteiger partial charge in [-0.05, 0) is 37.4 Å². The Morgan fingerprint density at radius 1 is 1.03 bits per heavy atom. The minimum Gasteiger partial charge on any atom is -0.362 e. The predicted molar refractivity (Wildman–Crippen MR) is 123 cm³/mol. The second-order valence-corrected chi connectivity index (χ2v) is 8.19. The summed E-state index contributed by atoms with van der Waals surface area (Å²) >= 11 is 0. The van der Waals surface area contributed by atoms with Crippen LogP contribution in [0.25, 0.3) is 0 Å².